The lowest BCUT2D eigenvalue weighted by Gasteiger charge is -2.20. The largest absolute Gasteiger partial charge is 0.308 e. The van der Waals surface area contributed by atoms with Gasteiger partial charge in [0.05, 0.1) is 10.4 Å². The van der Waals surface area contributed by atoms with E-state index >= 15 is 0 Å². The number of rotatable bonds is 4. The van der Waals surface area contributed by atoms with Crippen LogP contribution in [-0.4, -0.2) is 21.0 Å². The first-order valence-corrected chi connectivity index (χ1v) is 8.70. The van der Waals surface area contributed by atoms with Crippen molar-refractivity contribution in [2.75, 3.05) is 7.05 Å². The summed E-state index contributed by atoms with van der Waals surface area (Å²) in [7, 11) is -1.77. The van der Waals surface area contributed by atoms with Crippen molar-refractivity contribution in [1.29, 1.82) is 0 Å². The lowest BCUT2D eigenvalue weighted by Crippen LogP contribution is -2.35. The fourth-order valence-corrected chi connectivity index (χ4v) is 3.12. The topological polar surface area (TPSA) is 58.2 Å². The van der Waals surface area contributed by atoms with Gasteiger partial charge in [0.15, 0.2) is 0 Å². The molecule has 2 atom stereocenters. The van der Waals surface area contributed by atoms with Crippen LogP contribution in [0.5, 0.6) is 0 Å². The highest BCUT2D eigenvalue weighted by atomic mass is 32.2. The zero-order chi connectivity index (χ0) is 16.2. The minimum Gasteiger partial charge on any atom is -0.308 e. The van der Waals surface area contributed by atoms with Gasteiger partial charge in [-0.3, -0.25) is 4.72 Å². The van der Waals surface area contributed by atoms with Crippen LogP contribution in [0.3, 0.4) is 0 Å². The normalized spacial score (nSPS) is 27.9. The van der Waals surface area contributed by atoms with Gasteiger partial charge in [-0.05, 0) is 44.2 Å². The fraction of sp³-hybridized carbons (Fsp3) is 0.294. The van der Waals surface area contributed by atoms with Crippen molar-refractivity contribution < 1.29 is 8.42 Å². The van der Waals surface area contributed by atoms with Gasteiger partial charge in [-0.1, -0.05) is 43.4 Å². The van der Waals surface area contributed by atoms with Gasteiger partial charge in [0.25, 0.3) is 10.0 Å². The molecule has 0 radical (unpaired) electrons. The van der Waals surface area contributed by atoms with E-state index in [1.807, 2.05) is 51.3 Å². The maximum absolute atomic E-state index is 12.5. The third-order valence-corrected chi connectivity index (χ3v) is 5.06. The Hall–Kier alpha value is -1.85. The summed E-state index contributed by atoms with van der Waals surface area (Å²) in [4.78, 5) is 0.235. The van der Waals surface area contributed by atoms with Gasteiger partial charge >= 0.3 is 0 Å². The van der Waals surface area contributed by atoms with Gasteiger partial charge in [0.1, 0.15) is 0 Å². The molecular formula is C17H22N2O2S. The lowest BCUT2D eigenvalue weighted by molar-refractivity contribution is 0.588. The summed E-state index contributed by atoms with van der Waals surface area (Å²) >= 11 is 0. The molecule has 0 saturated heterocycles. The predicted molar refractivity (Wildman–Crippen MR) is 91.4 cm³/mol. The highest BCUT2D eigenvalue weighted by Gasteiger charge is 2.20. The summed E-state index contributed by atoms with van der Waals surface area (Å²) in [6.07, 6.45) is 18.1. The molecule has 0 aromatic heterocycles. The molecule has 2 aliphatic rings. The van der Waals surface area contributed by atoms with Crippen molar-refractivity contribution in [2.45, 2.75) is 19.4 Å². The van der Waals surface area contributed by atoms with E-state index in [1.54, 1.807) is 30.4 Å². The minimum absolute atomic E-state index is 0.235. The molecule has 4 nitrogen and oxygen atoms in total. The third-order valence-electron chi connectivity index (χ3n) is 3.67. The van der Waals surface area contributed by atoms with Crippen LogP contribution >= 0.6 is 0 Å². The van der Waals surface area contributed by atoms with E-state index in [0.29, 0.717) is 5.70 Å². The van der Waals surface area contributed by atoms with Crippen molar-refractivity contribution >= 4 is 10.0 Å². The summed E-state index contributed by atoms with van der Waals surface area (Å²) in [6, 6.07) is 0. The molecular weight excluding hydrogens is 296 g/mol. The number of hydrogen-bond acceptors (Lipinski definition) is 3. The van der Waals surface area contributed by atoms with Crippen LogP contribution in [0, 0.1) is 5.92 Å². The highest BCUT2D eigenvalue weighted by Crippen LogP contribution is 2.18. The Morgan fingerprint density at radius 2 is 1.86 bits per heavy atom. The molecule has 2 rings (SSSR count). The van der Waals surface area contributed by atoms with E-state index in [-0.39, 0.29) is 16.4 Å². The molecule has 0 aromatic rings. The Bertz CT molecular complexity index is 709. The molecule has 2 N–H and O–H groups in total. The number of likely N-dealkylation sites (N-methyl/N-ethyl adjacent to an activating group) is 1. The van der Waals surface area contributed by atoms with E-state index in [0.717, 1.165) is 0 Å². The fourth-order valence-electron chi connectivity index (χ4n) is 2.05. The maximum atomic E-state index is 12.5. The SMILES string of the molecule is CNC1(C)C=CC=C(S(=O)(=O)NC2=CC=CC(C)C=C2)C=C1. The third kappa shape index (κ3) is 4.08. The number of sulfonamides is 1. The second-order valence-electron chi connectivity index (χ2n) is 5.62. The smallest absolute Gasteiger partial charge is 0.261 e. The van der Waals surface area contributed by atoms with E-state index in [1.165, 1.54) is 0 Å². The highest BCUT2D eigenvalue weighted by molar-refractivity contribution is 7.93. The number of allylic oxidation sites excluding steroid dienone is 8. The van der Waals surface area contributed by atoms with Crippen molar-refractivity contribution in [2.24, 2.45) is 5.92 Å². The first kappa shape index (κ1) is 16.5. The molecule has 0 bridgehead atoms. The average Bonchev–Trinajstić information content (AvgIpc) is 2.78. The van der Waals surface area contributed by atoms with Crippen LogP contribution in [-0.2, 0) is 10.0 Å². The van der Waals surface area contributed by atoms with E-state index in [2.05, 4.69) is 10.0 Å². The van der Waals surface area contributed by atoms with Crippen LogP contribution < -0.4 is 10.0 Å². The van der Waals surface area contributed by atoms with Crippen LogP contribution in [0.1, 0.15) is 13.8 Å². The van der Waals surface area contributed by atoms with Crippen molar-refractivity contribution in [3.05, 3.63) is 71.4 Å². The van der Waals surface area contributed by atoms with Gasteiger partial charge < -0.3 is 5.32 Å². The van der Waals surface area contributed by atoms with Gasteiger partial charge in [0, 0.05) is 5.70 Å². The molecule has 2 aliphatic carbocycles. The van der Waals surface area contributed by atoms with Crippen molar-refractivity contribution in [1.82, 2.24) is 10.0 Å². The van der Waals surface area contributed by atoms with Crippen molar-refractivity contribution in [3.8, 4) is 0 Å². The molecule has 0 aromatic carbocycles. The summed E-state index contributed by atoms with van der Waals surface area (Å²) in [6.45, 7) is 4.01. The average molecular weight is 318 g/mol. The Labute approximate surface area is 132 Å². The minimum atomic E-state index is -3.61. The Morgan fingerprint density at radius 1 is 1.09 bits per heavy atom. The van der Waals surface area contributed by atoms with Gasteiger partial charge in [0.2, 0.25) is 0 Å². The monoisotopic (exact) mass is 318 g/mol. The quantitative estimate of drug-likeness (QED) is 0.837. The Balaban J connectivity index is 2.22. The maximum Gasteiger partial charge on any atom is 0.261 e. The molecule has 2 unspecified atom stereocenters. The Morgan fingerprint density at radius 3 is 2.59 bits per heavy atom. The van der Waals surface area contributed by atoms with Crippen LogP contribution in [0.2, 0.25) is 0 Å². The standard InChI is InChI=1S/C17H22N2O2S/c1-14-6-4-7-15(10-9-14)19-22(20,21)16-8-5-12-17(2,18-3)13-11-16/h4-14,18-19H,1-3H3. The first-order chi connectivity index (χ1) is 10.3. The molecule has 0 spiro atoms. The molecule has 0 saturated carbocycles. The molecule has 0 heterocycles. The van der Waals surface area contributed by atoms with Crippen LogP contribution in [0.15, 0.2) is 71.4 Å². The zero-order valence-electron chi connectivity index (χ0n) is 13.1. The molecule has 118 valence electrons. The number of nitrogens with one attached hydrogen (secondary N) is 2. The molecule has 0 aliphatic heterocycles. The van der Waals surface area contributed by atoms with Gasteiger partial charge in [-0.2, -0.15) is 0 Å². The molecule has 0 fully saturated rings. The Kier molecular flexibility index (Phi) is 4.88. The van der Waals surface area contributed by atoms with E-state index < -0.39 is 10.0 Å². The lowest BCUT2D eigenvalue weighted by atomic mass is 10.0. The van der Waals surface area contributed by atoms with E-state index in [9.17, 15) is 8.42 Å². The summed E-state index contributed by atoms with van der Waals surface area (Å²) < 4.78 is 27.7. The number of hydrogen-bond donors (Lipinski definition) is 2. The predicted octanol–water partition coefficient (Wildman–Crippen LogP) is 2.54. The van der Waals surface area contributed by atoms with Crippen molar-refractivity contribution in [3.63, 3.8) is 0 Å². The molecule has 0 amide bonds. The van der Waals surface area contributed by atoms with E-state index in [4.69, 9.17) is 0 Å². The molecule has 22 heavy (non-hydrogen) atoms. The van der Waals surface area contributed by atoms with Crippen LogP contribution in [0.4, 0.5) is 0 Å². The second-order valence-corrected chi connectivity index (χ2v) is 7.31. The zero-order valence-corrected chi connectivity index (χ0v) is 13.9. The van der Waals surface area contributed by atoms with Gasteiger partial charge in [-0.15, -0.1) is 0 Å². The second kappa shape index (κ2) is 6.50. The molecule has 5 heteroatoms. The van der Waals surface area contributed by atoms with Gasteiger partial charge in [-0.25, -0.2) is 8.42 Å². The summed E-state index contributed by atoms with van der Waals surface area (Å²) in [5.74, 6) is 0.287. The summed E-state index contributed by atoms with van der Waals surface area (Å²) in [5, 5.41) is 3.13. The first-order valence-electron chi connectivity index (χ1n) is 7.22. The summed E-state index contributed by atoms with van der Waals surface area (Å²) in [5.41, 5.74) is 0.201. The van der Waals surface area contributed by atoms with Crippen LogP contribution in [0.25, 0.3) is 0 Å².